The highest BCUT2D eigenvalue weighted by atomic mass is 32.2. The Balaban J connectivity index is 2.23. The Morgan fingerprint density at radius 2 is 1.95 bits per heavy atom. The van der Waals surface area contributed by atoms with Gasteiger partial charge in [0.1, 0.15) is 0 Å². The third-order valence-electron chi connectivity index (χ3n) is 3.80. The number of benzene rings is 1. The van der Waals surface area contributed by atoms with E-state index in [-0.39, 0.29) is 16.7 Å². The predicted octanol–water partition coefficient (Wildman–Crippen LogP) is 1.77. The fourth-order valence-electron chi connectivity index (χ4n) is 2.53. The molecule has 1 saturated heterocycles. The fraction of sp³-hybridized carbons (Fsp3) is 0.467. The van der Waals surface area contributed by atoms with Gasteiger partial charge in [-0.25, -0.2) is 8.42 Å². The Morgan fingerprint density at radius 3 is 2.48 bits per heavy atom. The van der Waals surface area contributed by atoms with Gasteiger partial charge in [0.25, 0.3) is 5.91 Å². The first-order chi connectivity index (χ1) is 9.82. The summed E-state index contributed by atoms with van der Waals surface area (Å²) < 4.78 is 23.5. The second kappa shape index (κ2) is 5.86. The number of carbonyl (C=O) groups is 1. The van der Waals surface area contributed by atoms with Crippen LogP contribution in [0.5, 0.6) is 0 Å². The SMILES string of the molecule is Cc1ccc(C(=O)N2CCC(C#N)CC2)cc1S(C)(=O)=O. The molecule has 0 spiro atoms. The van der Waals surface area contributed by atoms with Crippen LogP contribution < -0.4 is 0 Å². The molecule has 0 atom stereocenters. The number of piperidine rings is 1. The van der Waals surface area contributed by atoms with Crippen molar-refractivity contribution in [2.45, 2.75) is 24.7 Å². The largest absolute Gasteiger partial charge is 0.339 e. The second-order valence-electron chi connectivity index (χ2n) is 5.45. The van der Waals surface area contributed by atoms with Crippen molar-refractivity contribution in [3.63, 3.8) is 0 Å². The van der Waals surface area contributed by atoms with E-state index in [0.717, 1.165) is 6.26 Å². The van der Waals surface area contributed by atoms with Crippen LogP contribution in [-0.2, 0) is 9.84 Å². The molecule has 1 heterocycles. The van der Waals surface area contributed by atoms with Crippen LogP contribution in [0.1, 0.15) is 28.8 Å². The minimum Gasteiger partial charge on any atom is -0.339 e. The van der Waals surface area contributed by atoms with Crippen LogP contribution in [0.15, 0.2) is 23.1 Å². The molecule has 6 heteroatoms. The maximum Gasteiger partial charge on any atom is 0.253 e. The first kappa shape index (κ1) is 15.5. The molecule has 0 radical (unpaired) electrons. The Labute approximate surface area is 125 Å². The molecule has 21 heavy (non-hydrogen) atoms. The molecule has 1 aliphatic rings. The molecule has 1 aromatic rings. The molecular weight excluding hydrogens is 288 g/mol. The van der Waals surface area contributed by atoms with Gasteiger partial charge in [-0.05, 0) is 37.5 Å². The van der Waals surface area contributed by atoms with Gasteiger partial charge in [-0.1, -0.05) is 6.07 Å². The Bertz CT molecular complexity index is 696. The summed E-state index contributed by atoms with van der Waals surface area (Å²) in [6, 6.07) is 6.98. The van der Waals surface area contributed by atoms with Crippen molar-refractivity contribution in [3.05, 3.63) is 29.3 Å². The lowest BCUT2D eigenvalue weighted by atomic mass is 9.98. The van der Waals surface area contributed by atoms with E-state index in [9.17, 15) is 13.2 Å². The molecule has 0 saturated carbocycles. The molecule has 0 aliphatic carbocycles. The quantitative estimate of drug-likeness (QED) is 0.834. The molecule has 1 aromatic carbocycles. The number of rotatable bonds is 2. The highest BCUT2D eigenvalue weighted by Crippen LogP contribution is 2.21. The van der Waals surface area contributed by atoms with Crippen molar-refractivity contribution in [1.29, 1.82) is 5.26 Å². The van der Waals surface area contributed by atoms with Crippen LogP contribution >= 0.6 is 0 Å². The van der Waals surface area contributed by atoms with Crippen LogP contribution in [0.25, 0.3) is 0 Å². The maximum atomic E-state index is 12.4. The van der Waals surface area contributed by atoms with Crippen molar-refractivity contribution in [3.8, 4) is 6.07 Å². The highest BCUT2D eigenvalue weighted by molar-refractivity contribution is 7.90. The number of carbonyl (C=O) groups excluding carboxylic acids is 1. The zero-order valence-corrected chi connectivity index (χ0v) is 13.0. The molecule has 5 nitrogen and oxygen atoms in total. The smallest absolute Gasteiger partial charge is 0.253 e. The molecule has 1 amide bonds. The van der Waals surface area contributed by atoms with Crippen molar-refractivity contribution >= 4 is 15.7 Å². The minimum atomic E-state index is -3.35. The lowest BCUT2D eigenvalue weighted by molar-refractivity contribution is 0.0707. The number of sulfone groups is 1. The predicted molar refractivity (Wildman–Crippen MR) is 78.5 cm³/mol. The first-order valence-corrected chi connectivity index (χ1v) is 8.71. The lowest BCUT2D eigenvalue weighted by Gasteiger charge is -2.29. The topological polar surface area (TPSA) is 78.2 Å². The zero-order chi connectivity index (χ0) is 15.6. The third kappa shape index (κ3) is 3.42. The van der Waals surface area contributed by atoms with Crippen LogP contribution in [0.4, 0.5) is 0 Å². The summed E-state index contributed by atoms with van der Waals surface area (Å²) in [4.78, 5) is 14.3. The molecule has 1 aliphatic heterocycles. The number of likely N-dealkylation sites (tertiary alicyclic amines) is 1. The number of hydrogen-bond donors (Lipinski definition) is 0. The van der Waals surface area contributed by atoms with Gasteiger partial charge in [0, 0.05) is 30.8 Å². The summed E-state index contributed by atoms with van der Waals surface area (Å²) in [5.74, 6) is -0.157. The number of nitrogens with zero attached hydrogens (tertiary/aromatic N) is 2. The van der Waals surface area contributed by atoms with Gasteiger partial charge in [0.2, 0.25) is 0 Å². The van der Waals surface area contributed by atoms with Crippen LogP contribution in [-0.4, -0.2) is 38.6 Å². The summed E-state index contributed by atoms with van der Waals surface area (Å²) >= 11 is 0. The number of nitriles is 1. The van der Waals surface area contributed by atoms with E-state index in [1.54, 1.807) is 24.0 Å². The number of hydrogen-bond acceptors (Lipinski definition) is 4. The van der Waals surface area contributed by atoms with Crippen molar-refractivity contribution in [1.82, 2.24) is 4.90 Å². The van der Waals surface area contributed by atoms with Gasteiger partial charge >= 0.3 is 0 Å². The van der Waals surface area contributed by atoms with Crippen molar-refractivity contribution < 1.29 is 13.2 Å². The summed E-state index contributed by atoms with van der Waals surface area (Å²) in [5, 5.41) is 8.87. The normalized spacial score (nSPS) is 16.5. The summed E-state index contributed by atoms with van der Waals surface area (Å²) in [5.41, 5.74) is 1.02. The molecule has 0 unspecified atom stereocenters. The first-order valence-electron chi connectivity index (χ1n) is 6.82. The second-order valence-corrected chi connectivity index (χ2v) is 7.43. The Kier molecular flexibility index (Phi) is 4.33. The molecule has 1 fully saturated rings. The monoisotopic (exact) mass is 306 g/mol. The summed E-state index contributed by atoms with van der Waals surface area (Å²) in [6.07, 6.45) is 2.49. The fourth-order valence-corrected chi connectivity index (χ4v) is 3.52. The standard InChI is InChI=1S/C15H18N2O3S/c1-11-3-4-13(9-14(11)21(2,19)20)15(18)17-7-5-12(10-16)6-8-17/h3-4,9,12H,5-8H2,1-2H3. The van der Waals surface area contributed by atoms with E-state index in [1.165, 1.54) is 6.07 Å². The van der Waals surface area contributed by atoms with E-state index in [0.29, 0.717) is 37.1 Å². The Morgan fingerprint density at radius 1 is 1.33 bits per heavy atom. The molecule has 0 aromatic heterocycles. The van der Waals surface area contributed by atoms with Gasteiger partial charge in [0.15, 0.2) is 9.84 Å². The molecule has 0 bridgehead atoms. The summed E-state index contributed by atoms with van der Waals surface area (Å²) in [7, 11) is -3.35. The molecule has 0 N–H and O–H groups in total. The van der Waals surface area contributed by atoms with Crippen LogP contribution in [0.2, 0.25) is 0 Å². The van der Waals surface area contributed by atoms with Crippen molar-refractivity contribution in [2.75, 3.05) is 19.3 Å². The van der Waals surface area contributed by atoms with E-state index in [1.807, 2.05) is 0 Å². The van der Waals surface area contributed by atoms with E-state index in [2.05, 4.69) is 6.07 Å². The maximum absolute atomic E-state index is 12.4. The summed E-state index contributed by atoms with van der Waals surface area (Å²) in [6.45, 7) is 2.79. The number of aryl methyl sites for hydroxylation is 1. The Hall–Kier alpha value is -1.87. The van der Waals surface area contributed by atoms with Gasteiger partial charge in [-0.15, -0.1) is 0 Å². The van der Waals surface area contributed by atoms with Gasteiger partial charge in [-0.2, -0.15) is 5.26 Å². The minimum absolute atomic E-state index is 0.0126. The van der Waals surface area contributed by atoms with Crippen LogP contribution in [0.3, 0.4) is 0 Å². The lowest BCUT2D eigenvalue weighted by Crippen LogP contribution is -2.38. The van der Waals surface area contributed by atoms with Crippen LogP contribution in [0, 0.1) is 24.2 Å². The molecule has 112 valence electrons. The molecular formula is C15H18N2O3S. The van der Waals surface area contributed by atoms with E-state index < -0.39 is 9.84 Å². The van der Waals surface area contributed by atoms with Gasteiger partial charge < -0.3 is 4.90 Å². The number of amides is 1. The van der Waals surface area contributed by atoms with Crippen molar-refractivity contribution in [2.24, 2.45) is 5.92 Å². The van der Waals surface area contributed by atoms with Gasteiger partial charge in [0.05, 0.1) is 11.0 Å². The third-order valence-corrected chi connectivity index (χ3v) is 5.04. The molecule has 2 rings (SSSR count). The highest BCUT2D eigenvalue weighted by Gasteiger charge is 2.24. The average Bonchev–Trinajstić information content (AvgIpc) is 2.46. The van der Waals surface area contributed by atoms with Gasteiger partial charge in [-0.3, -0.25) is 4.79 Å². The van der Waals surface area contributed by atoms with E-state index >= 15 is 0 Å². The van der Waals surface area contributed by atoms with E-state index in [4.69, 9.17) is 5.26 Å². The zero-order valence-electron chi connectivity index (χ0n) is 12.2. The average molecular weight is 306 g/mol.